The fourth-order valence-electron chi connectivity index (χ4n) is 3.46. The predicted molar refractivity (Wildman–Crippen MR) is 110 cm³/mol. The second kappa shape index (κ2) is 10.1. The first kappa shape index (κ1) is 21.0. The summed E-state index contributed by atoms with van der Waals surface area (Å²) in [5.41, 5.74) is 1.17. The van der Waals surface area contributed by atoms with Gasteiger partial charge >= 0.3 is 0 Å². The van der Waals surface area contributed by atoms with Crippen molar-refractivity contribution in [2.75, 3.05) is 33.6 Å². The molecular formula is C20H30N4O3S. The summed E-state index contributed by atoms with van der Waals surface area (Å²) >= 11 is 1.63. The smallest absolute Gasteiger partial charge is 0.191 e. The minimum atomic E-state index is 0.265. The highest BCUT2D eigenvalue weighted by molar-refractivity contribution is 7.98. The Hall–Kier alpha value is -1.77. The van der Waals surface area contributed by atoms with Gasteiger partial charge in [-0.05, 0) is 50.8 Å². The van der Waals surface area contributed by atoms with Gasteiger partial charge in [-0.3, -0.25) is 4.90 Å². The van der Waals surface area contributed by atoms with Gasteiger partial charge in [-0.15, -0.1) is 10.2 Å². The van der Waals surface area contributed by atoms with Crippen LogP contribution in [-0.4, -0.2) is 59.4 Å². The van der Waals surface area contributed by atoms with Gasteiger partial charge in [-0.1, -0.05) is 17.8 Å². The monoisotopic (exact) mass is 406 g/mol. The van der Waals surface area contributed by atoms with Crippen LogP contribution in [0.15, 0.2) is 23.4 Å². The molecular weight excluding hydrogens is 376 g/mol. The van der Waals surface area contributed by atoms with Gasteiger partial charge in [0, 0.05) is 13.2 Å². The van der Waals surface area contributed by atoms with E-state index in [2.05, 4.69) is 32.8 Å². The Morgan fingerprint density at radius 3 is 2.82 bits per heavy atom. The summed E-state index contributed by atoms with van der Waals surface area (Å²) in [6.07, 6.45) is 4.54. The van der Waals surface area contributed by atoms with E-state index in [1.807, 2.05) is 25.3 Å². The van der Waals surface area contributed by atoms with Crippen molar-refractivity contribution in [2.45, 2.75) is 50.7 Å². The Labute approximate surface area is 171 Å². The Kier molecular flexibility index (Phi) is 7.58. The van der Waals surface area contributed by atoms with Gasteiger partial charge in [0.15, 0.2) is 16.7 Å². The third-order valence-electron chi connectivity index (χ3n) is 4.78. The second-order valence-corrected chi connectivity index (χ2v) is 7.71. The molecule has 0 aliphatic carbocycles. The van der Waals surface area contributed by atoms with Crippen molar-refractivity contribution >= 4 is 11.8 Å². The van der Waals surface area contributed by atoms with Crippen molar-refractivity contribution in [3.05, 3.63) is 29.6 Å². The molecule has 0 amide bonds. The molecule has 0 saturated carbocycles. The number of ether oxygens (including phenoxy) is 3. The van der Waals surface area contributed by atoms with Gasteiger partial charge < -0.3 is 18.8 Å². The van der Waals surface area contributed by atoms with Crippen LogP contribution in [0.3, 0.4) is 0 Å². The molecule has 154 valence electrons. The average Bonchev–Trinajstić information content (AvgIpc) is 3.33. The van der Waals surface area contributed by atoms with Crippen molar-refractivity contribution < 1.29 is 14.2 Å². The quantitative estimate of drug-likeness (QED) is 0.562. The van der Waals surface area contributed by atoms with Crippen LogP contribution in [0.1, 0.15) is 31.2 Å². The van der Waals surface area contributed by atoms with E-state index in [0.29, 0.717) is 6.61 Å². The number of aromatic nitrogens is 3. The molecule has 1 aliphatic heterocycles. The molecule has 3 rings (SSSR count). The number of benzene rings is 1. The van der Waals surface area contributed by atoms with Crippen LogP contribution >= 0.6 is 11.8 Å². The molecule has 7 nitrogen and oxygen atoms in total. The zero-order valence-corrected chi connectivity index (χ0v) is 18.0. The molecule has 1 atom stereocenters. The molecule has 2 aromatic rings. The Morgan fingerprint density at radius 2 is 2.14 bits per heavy atom. The van der Waals surface area contributed by atoms with Gasteiger partial charge in [0.25, 0.3) is 0 Å². The molecule has 0 radical (unpaired) electrons. The first-order valence-corrected chi connectivity index (χ1v) is 10.9. The number of rotatable bonds is 10. The van der Waals surface area contributed by atoms with Crippen LogP contribution < -0.4 is 9.47 Å². The summed E-state index contributed by atoms with van der Waals surface area (Å²) in [5, 5.41) is 9.74. The molecule has 28 heavy (non-hydrogen) atoms. The van der Waals surface area contributed by atoms with E-state index in [4.69, 9.17) is 14.2 Å². The van der Waals surface area contributed by atoms with E-state index < -0.39 is 0 Å². The molecule has 0 spiro atoms. The lowest BCUT2D eigenvalue weighted by atomic mass is 10.2. The Bertz CT molecular complexity index is 762. The van der Waals surface area contributed by atoms with Crippen LogP contribution in [-0.2, 0) is 24.4 Å². The zero-order chi connectivity index (χ0) is 19.9. The predicted octanol–water partition coefficient (Wildman–Crippen LogP) is 3.22. The molecule has 0 unspecified atom stereocenters. The molecule has 1 aromatic carbocycles. The first-order valence-electron chi connectivity index (χ1n) is 9.70. The minimum absolute atomic E-state index is 0.265. The van der Waals surface area contributed by atoms with Gasteiger partial charge in [0.2, 0.25) is 0 Å². The van der Waals surface area contributed by atoms with Crippen LogP contribution in [0.2, 0.25) is 0 Å². The summed E-state index contributed by atoms with van der Waals surface area (Å²) in [5.74, 6) is 2.51. The molecule has 2 heterocycles. The van der Waals surface area contributed by atoms with E-state index in [-0.39, 0.29) is 6.10 Å². The largest absolute Gasteiger partial charge is 0.493 e. The SMILES string of the molecule is CCOc1cc(CN(C)Cc2nnc(SC)n2C[C@H]2CCCO2)ccc1OC. The maximum atomic E-state index is 5.81. The normalized spacial score (nSPS) is 16.7. The maximum Gasteiger partial charge on any atom is 0.191 e. The lowest BCUT2D eigenvalue weighted by molar-refractivity contribution is 0.0934. The summed E-state index contributed by atoms with van der Waals surface area (Å²) in [7, 11) is 3.75. The summed E-state index contributed by atoms with van der Waals surface area (Å²) in [4.78, 5) is 2.23. The topological polar surface area (TPSA) is 61.6 Å². The molecule has 1 saturated heterocycles. The third-order valence-corrected chi connectivity index (χ3v) is 5.45. The van der Waals surface area contributed by atoms with E-state index in [1.165, 1.54) is 5.56 Å². The minimum Gasteiger partial charge on any atom is -0.493 e. The molecule has 8 heteroatoms. The van der Waals surface area contributed by atoms with Gasteiger partial charge in [0.1, 0.15) is 5.82 Å². The molecule has 1 aliphatic rings. The number of thioether (sulfide) groups is 1. The highest BCUT2D eigenvalue weighted by Gasteiger charge is 2.21. The Balaban J connectivity index is 1.68. The van der Waals surface area contributed by atoms with E-state index in [1.54, 1.807) is 18.9 Å². The van der Waals surface area contributed by atoms with Crippen molar-refractivity contribution in [1.29, 1.82) is 0 Å². The van der Waals surface area contributed by atoms with Crippen LogP contribution in [0.4, 0.5) is 0 Å². The van der Waals surface area contributed by atoms with Crippen LogP contribution in [0, 0.1) is 0 Å². The number of hydrogen-bond acceptors (Lipinski definition) is 7. The highest BCUT2D eigenvalue weighted by atomic mass is 32.2. The van der Waals surface area contributed by atoms with E-state index >= 15 is 0 Å². The summed E-state index contributed by atoms with van der Waals surface area (Å²) in [6, 6.07) is 6.07. The second-order valence-electron chi connectivity index (χ2n) is 6.94. The average molecular weight is 407 g/mol. The lowest BCUT2D eigenvalue weighted by Crippen LogP contribution is -2.23. The third kappa shape index (κ3) is 5.18. The maximum absolute atomic E-state index is 5.81. The molecule has 0 bridgehead atoms. The number of nitrogens with zero attached hydrogens (tertiary/aromatic N) is 4. The fourth-order valence-corrected chi connectivity index (χ4v) is 3.98. The number of hydrogen-bond donors (Lipinski definition) is 0. The Morgan fingerprint density at radius 1 is 1.29 bits per heavy atom. The van der Waals surface area contributed by atoms with Crippen LogP contribution in [0.25, 0.3) is 0 Å². The van der Waals surface area contributed by atoms with E-state index in [0.717, 1.165) is 61.6 Å². The number of methoxy groups -OCH3 is 1. The van der Waals surface area contributed by atoms with Gasteiger partial charge in [-0.2, -0.15) is 0 Å². The molecule has 1 fully saturated rings. The van der Waals surface area contributed by atoms with Crippen molar-refractivity contribution in [1.82, 2.24) is 19.7 Å². The van der Waals surface area contributed by atoms with Gasteiger partial charge in [-0.25, -0.2) is 0 Å². The highest BCUT2D eigenvalue weighted by Crippen LogP contribution is 2.28. The summed E-state index contributed by atoms with van der Waals surface area (Å²) < 4.78 is 19.1. The standard InChI is InChI=1S/C20H30N4O3S/c1-5-26-18-11-15(8-9-17(18)25-3)12-23(2)14-19-21-22-20(28-4)24(19)13-16-7-6-10-27-16/h8-9,11,16H,5-7,10,12-14H2,1-4H3/t16-/m1/s1. The van der Waals surface area contributed by atoms with E-state index in [9.17, 15) is 0 Å². The van der Waals surface area contributed by atoms with Crippen LogP contribution in [0.5, 0.6) is 11.5 Å². The zero-order valence-electron chi connectivity index (χ0n) is 17.2. The fraction of sp³-hybridized carbons (Fsp3) is 0.600. The molecule has 1 aromatic heterocycles. The summed E-state index contributed by atoms with van der Waals surface area (Å²) in [6.45, 7) is 5.77. The first-order chi connectivity index (χ1) is 13.6. The van der Waals surface area contributed by atoms with Crippen molar-refractivity contribution in [3.8, 4) is 11.5 Å². The van der Waals surface area contributed by atoms with Crippen molar-refractivity contribution in [2.24, 2.45) is 0 Å². The molecule has 0 N–H and O–H groups in total. The lowest BCUT2D eigenvalue weighted by Gasteiger charge is -2.19. The van der Waals surface area contributed by atoms with Crippen molar-refractivity contribution in [3.63, 3.8) is 0 Å². The van der Waals surface area contributed by atoms with Gasteiger partial charge in [0.05, 0.1) is 32.9 Å².